The van der Waals surface area contributed by atoms with Crippen LogP contribution in [0.4, 0.5) is 0 Å². The molecule has 0 radical (unpaired) electrons. The third kappa shape index (κ3) is 5.58. The number of piperazine rings is 1. The van der Waals surface area contributed by atoms with E-state index in [2.05, 4.69) is 6.92 Å². The summed E-state index contributed by atoms with van der Waals surface area (Å²) in [5, 5.41) is 0. The summed E-state index contributed by atoms with van der Waals surface area (Å²) in [5.41, 5.74) is 0. The van der Waals surface area contributed by atoms with Gasteiger partial charge in [-0.3, -0.25) is 9.59 Å². The molecule has 0 aromatic heterocycles. The predicted octanol–water partition coefficient (Wildman–Crippen LogP) is 2.32. The fourth-order valence-electron chi connectivity index (χ4n) is 2.62. The highest BCUT2D eigenvalue weighted by atomic mass is 16.5. The largest absolute Gasteiger partial charge is 0.493 e. The highest BCUT2D eigenvalue weighted by molar-refractivity contribution is 5.78. The van der Waals surface area contributed by atoms with Gasteiger partial charge in [0.1, 0.15) is 5.75 Å². The zero-order valence-electron chi connectivity index (χ0n) is 13.9. The normalized spacial score (nSPS) is 14.7. The van der Waals surface area contributed by atoms with Gasteiger partial charge >= 0.3 is 0 Å². The zero-order chi connectivity index (χ0) is 16.5. The minimum Gasteiger partial charge on any atom is -0.493 e. The van der Waals surface area contributed by atoms with Crippen LogP contribution >= 0.6 is 0 Å². The smallest absolute Gasteiger partial charge is 0.226 e. The van der Waals surface area contributed by atoms with Crippen LogP contribution in [0.15, 0.2) is 30.3 Å². The zero-order valence-corrected chi connectivity index (χ0v) is 13.9. The van der Waals surface area contributed by atoms with Crippen LogP contribution < -0.4 is 4.74 Å². The Morgan fingerprint density at radius 3 is 2.09 bits per heavy atom. The van der Waals surface area contributed by atoms with Crippen molar-refractivity contribution in [1.29, 1.82) is 0 Å². The van der Waals surface area contributed by atoms with Crippen LogP contribution in [0.5, 0.6) is 5.75 Å². The first-order valence-corrected chi connectivity index (χ1v) is 8.44. The molecule has 0 saturated carbocycles. The predicted molar refractivity (Wildman–Crippen MR) is 89.2 cm³/mol. The monoisotopic (exact) mass is 318 g/mol. The Balaban J connectivity index is 1.66. The first-order valence-electron chi connectivity index (χ1n) is 8.44. The van der Waals surface area contributed by atoms with Gasteiger partial charge < -0.3 is 14.5 Å². The van der Waals surface area contributed by atoms with E-state index in [1.54, 1.807) is 0 Å². The Morgan fingerprint density at radius 1 is 0.957 bits per heavy atom. The lowest BCUT2D eigenvalue weighted by Crippen LogP contribution is -2.50. The van der Waals surface area contributed by atoms with E-state index in [-0.39, 0.29) is 11.8 Å². The van der Waals surface area contributed by atoms with Gasteiger partial charge in [0, 0.05) is 32.6 Å². The molecule has 1 aliphatic rings. The van der Waals surface area contributed by atoms with E-state index in [9.17, 15) is 9.59 Å². The number of para-hydroxylation sites is 1. The lowest BCUT2D eigenvalue weighted by molar-refractivity contribution is -0.139. The molecule has 1 heterocycles. The number of benzene rings is 1. The summed E-state index contributed by atoms with van der Waals surface area (Å²) < 4.78 is 5.56. The van der Waals surface area contributed by atoms with Crippen molar-refractivity contribution in [2.45, 2.75) is 32.6 Å². The molecule has 1 fully saturated rings. The van der Waals surface area contributed by atoms with Gasteiger partial charge in [0.25, 0.3) is 0 Å². The molecule has 0 spiro atoms. The van der Waals surface area contributed by atoms with E-state index < -0.39 is 0 Å². The van der Waals surface area contributed by atoms with E-state index in [1.807, 2.05) is 40.1 Å². The Bertz CT molecular complexity index is 496. The molecule has 0 N–H and O–H groups in total. The minimum absolute atomic E-state index is 0.0987. The van der Waals surface area contributed by atoms with Gasteiger partial charge in [-0.1, -0.05) is 31.5 Å². The van der Waals surface area contributed by atoms with Gasteiger partial charge in [0.15, 0.2) is 0 Å². The number of unbranched alkanes of at least 4 members (excludes halogenated alkanes) is 1. The number of carbonyl (C=O) groups is 2. The topological polar surface area (TPSA) is 49.9 Å². The fourth-order valence-corrected chi connectivity index (χ4v) is 2.62. The molecule has 0 atom stereocenters. The number of hydrogen-bond acceptors (Lipinski definition) is 3. The molecule has 1 saturated heterocycles. The van der Waals surface area contributed by atoms with Crippen molar-refractivity contribution >= 4 is 11.8 Å². The first kappa shape index (κ1) is 17.3. The second-order valence-corrected chi connectivity index (χ2v) is 5.78. The molecule has 1 aromatic carbocycles. The second kappa shape index (κ2) is 9.18. The molecule has 0 unspecified atom stereocenters. The molecule has 1 aromatic rings. The SMILES string of the molecule is CCCCC(=O)N1CCN(C(=O)CCOc2ccccc2)CC1. The summed E-state index contributed by atoms with van der Waals surface area (Å²) in [4.78, 5) is 27.9. The average molecular weight is 318 g/mol. The number of ether oxygens (including phenoxy) is 1. The van der Waals surface area contributed by atoms with Crippen LogP contribution in [0.25, 0.3) is 0 Å². The quantitative estimate of drug-likeness (QED) is 0.775. The van der Waals surface area contributed by atoms with E-state index in [0.29, 0.717) is 45.6 Å². The lowest BCUT2D eigenvalue weighted by Gasteiger charge is -2.35. The third-order valence-corrected chi connectivity index (χ3v) is 4.06. The van der Waals surface area contributed by atoms with Gasteiger partial charge in [-0.05, 0) is 18.6 Å². The Morgan fingerprint density at radius 2 is 1.52 bits per heavy atom. The molecule has 0 bridgehead atoms. The number of hydrogen-bond donors (Lipinski definition) is 0. The first-order chi connectivity index (χ1) is 11.2. The third-order valence-electron chi connectivity index (χ3n) is 4.06. The van der Waals surface area contributed by atoms with Crippen molar-refractivity contribution in [3.63, 3.8) is 0 Å². The summed E-state index contributed by atoms with van der Waals surface area (Å²) >= 11 is 0. The summed E-state index contributed by atoms with van der Waals surface area (Å²) in [6, 6.07) is 9.51. The van der Waals surface area contributed by atoms with E-state index in [4.69, 9.17) is 4.74 Å². The van der Waals surface area contributed by atoms with E-state index >= 15 is 0 Å². The maximum absolute atomic E-state index is 12.2. The molecular weight excluding hydrogens is 292 g/mol. The molecule has 2 amide bonds. The Kier molecular flexibility index (Phi) is 6.91. The number of nitrogens with zero attached hydrogens (tertiary/aromatic N) is 2. The summed E-state index contributed by atoms with van der Waals surface area (Å²) in [6.07, 6.45) is 2.97. The van der Waals surface area contributed by atoms with Crippen LogP contribution in [-0.4, -0.2) is 54.4 Å². The van der Waals surface area contributed by atoms with E-state index in [1.165, 1.54) is 0 Å². The molecule has 126 valence electrons. The van der Waals surface area contributed by atoms with Crippen LogP contribution in [-0.2, 0) is 9.59 Å². The number of rotatable bonds is 7. The van der Waals surface area contributed by atoms with Gasteiger partial charge in [-0.15, -0.1) is 0 Å². The van der Waals surface area contributed by atoms with Crippen molar-refractivity contribution in [2.24, 2.45) is 0 Å². The summed E-state index contributed by atoms with van der Waals surface area (Å²) in [5.74, 6) is 1.10. The Hall–Kier alpha value is -2.04. The van der Waals surface area contributed by atoms with Crippen molar-refractivity contribution < 1.29 is 14.3 Å². The van der Waals surface area contributed by atoms with Crippen molar-refractivity contribution in [1.82, 2.24) is 9.80 Å². The average Bonchev–Trinajstić information content (AvgIpc) is 2.60. The highest BCUT2D eigenvalue weighted by Crippen LogP contribution is 2.10. The molecule has 5 heteroatoms. The number of carbonyl (C=O) groups excluding carboxylic acids is 2. The molecule has 5 nitrogen and oxygen atoms in total. The van der Waals surface area contributed by atoms with Gasteiger partial charge in [-0.25, -0.2) is 0 Å². The standard InChI is InChI=1S/C18H26N2O3/c1-2-3-9-17(21)19-11-13-20(14-12-19)18(22)10-15-23-16-7-5-4-6-8-16/h4-8H,2-3,9-15H2,1H3. The van der Waals surface area contributed by atoms with Crippen molar-refractivity contribution in [3.05, 3.63) is 30.3 Å². The van der Waals surface area contributed by atoms with Gasteiger partial charge in [0.05, 0.1) is 13.0 Å². The maximum atomic E-state index is 12.2. The van der Waals surface area contributed by atoms with Crippen LogP contribution in [0.1, 0.15) is 32.6 Å². The van der Waals surface area contributed by atoms with Crippen molar-refractivity contribution in [2.75, 3.05) is 32.8 Å². The second-order valence-electron chi connectivity index (χ2n) is 5.78. The molecular formula is C18H26N2O3. The summed E-state index contributed by atoms with van der Waals surface area (Å²) in [7, 11) is 0. The van der Waals surface area contributed by atoms with Crippen LogP contribution in [0.2, 0.25) is 0 Å². The van der Waals surface area contributed by atoms with Crippen molar-refractivity contribution in [3.8, 4) is 5.75 Å². The van der Waals surface area contributed by atoms with Crippen LogP contribution in [0.3, 0.4) is 0 Å². The maximum Gasteiger partial charge on any atom is 0.226 e. The highest BCUT2D eigenvalue weighted by Gasteiger charge is 2.23. The fraction of sp³-hybridized carbons (Fsp3) is 0.556. The molecule has 1 aliphatic heterocycles. The lowest BCUT2D eigenvalue weighted by atomic mass is 10.2. The number of amides is 2. The van der Waals surface area contributed by atoms with E-state index in [0.717, 1.165) is 18.6 Å². The van der Waals surface area contributed by atoms with Gasteiger partial charge in [-0.2, -0.15) is 0 Å². The van der Waals surface area contributed by atoms with Crippen LogP contribution in [0, 0.1) is 0 Å². The Labute approximate surface area is 138 Å². The molecule has 0 aliphatic carbocycles. The molecule has 2 rings (SSSR count). The summed E-state index contributed by atoms with van der Waals surface area (Å²) in [6.45, 7) is 5.02. The molecule has 23 heavy (non-hydrogen) atoms. The minimum atomic E-state index is 0.0987. The van der Waals surface area contributed by atoms with Gasteiger partial charge in [0.2, 0.25) is 11.8 Å².